The Balaban J connectivity index is 3.23. The Hall–Kier alpha value is -0.240. The highest BCUT2D eigenvalue weighted by Crippen LogP contribution is 2.00. The second-order valence-electron chi connectivity index (χ2n) is 2.68. The van der Waals surface area contributed by atoms with Crippen LogP contribution in [0.15, 0.2) is 0 Å². The molecule has 11 heavy (non-hydrogen) atoms. The number of esters is 1. The van der Waals surface area contributed by atoms with E-state index in [2.05, 4.69) is 0 Å². The number of hydrogen-bond donors (Lipinski definition) is 0. The molecule has 0 N–H and O–H groups in total. The molecule has 0 heterocycles. The molecule has 0 atom stereocenters. The summed E-state index contributed by atoms with van der Waals surface area (Å²) in [6, 6.07) is 0. The van der Waals surface area contributed by atoms with E-state index in [9.17, 15) is 4.79 Å². The first kappa shape index (κ1) is 10.8. The molecule has 0 aliphatic heterocycles. The van der Waals surface area contributed by atoms with Crippen molar-refractivity contribution in [3.05, 3.63) is 0 Å². The van der Waals surface area contributed by atoms with E-state index < -0.39 is 0 Å². The van der Waals surface area contributed by atoms with E-state index in [0.717, 1.165) is 12.8 Å². The maximum Gasteiger partial charge on any atom is 0.306 e. The van der Waals surface area contributed by atoms with Crippen LogP contribution in [0.1, 0.15) is 33.1 Å². The Morgan fingerprint density at radius 1 is 1.45 bits per heavy atom. The largest absolute Gasteiger partial charge is 0.463 e. The summed E-state index contributed by atoms with van der Waals surface area (Å²) in [7, 11) is 0. The molecule has 0 aliphatic rings. The van der Waals surface area contributed by atoms with Gasteiger partial charge in [0.2, 0.25) is 0 Å². The van der Waals surface area contributed by atoms with Gasteiger partial charge in [0.1, 0.15) is 0 Å². The van der Waals surface area contributed by atoms with Crippen molar-refractivity contribution in [2.24, 2.45) is 0 Å². The molecule has 66 valence electrons. The van der Waals surface area contributed by atoms with Gasteiger partial charge in [0, 0.05) is 12.3 Å². The van der Waals surface area contributed by atoms with Gasteiger partial charge < -0.3 is 4.74 Å². The molecule has 0 rings (SSSR count). The fourth-order valence-corrected chi connectivity index (χ4v) is 0.875. The van der Waals surface area contributed by atoms with Gasteiger partial charge in [0.15, 0.2) is 0 Å². The summed E-state index contributed by atoms with van der Waals surface area (Å²) in [5.74, 6) is 0.500. The number of unbranched alkanes of at least 4 members (excludes halogenated alkanes) is 1. The Kier molecular flexibility index (Phi) is 6.33. The first-order valence-corrected chi connectivity index (χ1v) is 4.45. The molecule has 0 bridgehead atoms. The van der Waals surface area contributed by atoms with Crippen molar-refractivity contribution < 1.29 is 9.53 Å². The standard InChI is InChI=1S/C8H15ClO2/c1-7(2)11-8(10)5-3-4-6-9/h7H,3-6H2,1-2H3. The number of halogens is 1. The van der Waals surface area contributed by atoms with E-state index in [1.165, 1.54) is 0 Å². The first-order valence-electron chi connectivity index (χ1n) is 3.92. The zero-order valence-electron chi connectivity index (χ0n) is 7.10. The summed E-state index contributed by atoms with van der Waals surface area (Å²) in [6.45, 7) is 3.69. The third kappa shape index (κ3) is 7.66. The number of alkyl halides is 1. The Morgan fingerprint density at radius 3 is 2.55 bits per heavy atom. The fraction of sp³-hybridized carbons (Fsp3) is 0.875. The summed E-state index contributed by atoms with van der Waals surface area (Å²) in [4.78, 5) is 10.9. The molecular weight excluding hydrogens is 164 g/mol. The van der Waals surface area contributed by atoms with Crippen molar-refractivity contribution in [2.45, 2.75) is 39.2 Å². The van der Waals surface area contributed by atoms with Crippen LogP contribution in [0.3, 0.4) is 0 Å². The Morgan fingerprint density at radius 2 is 2.09 bits per heavy atom. The molecule has 3 heteroatoms. The number of ether oxygens (including phenoxy) is 1. The average Bonchev–Trinajstić information content (AvgIpc) is 1.86. The lowest BCUT2D eigenvalue weighted by Gasteiger charge is -2.06. The van der Waals surface area contributed by atoms with Crippen molar-refractivity contribution in [2.75, 3.05) is 5.88 Å². The van der Waals surface area contributed by atoms with Gasteiger partial charge in [-0.2, -0.15) is 0 Å². The molecule has 0 fully saturated rings. The van der Waals surface area contributed by atoms with E-state index >= 15 is 0 Å². The van der Waals surface area contributed by atoms with Crippen LogP contribution in [-0.4, -0.2) is 18.0 Å². The van der Waals surface area contributed by atoms with Gasteiger partial charge in [-0.1, -0.05) is 0 Å². The monoisotopic (exact) mass is 178 g/mol. The lowest BCUT2D eigenvalue weighted by atomic mass is 10.2. The highest BCUT2D eigenvalue weighted by molar-refractivity contribution is 6.17. The summed E-state index contributed by atoms with van der Waals surface area (Å²) in [5.41, 5.74) is 0. The van der Waals surface area contributed by atoms with Crippen LogP contribution in [0.5, 0.6) is 0 Å². The average molecular weight is 179 g/mol. The van der Waals surface area contributed by atoms with E-state index in [4.69, 9.17) is 16.3 Å². The van der Waals surface area contributed by atoms with Gasteiger partial charge in [-0.3, -0.25) is 4.79 Å². The lowest BCUT2D eigenvalue weighted by Crippen LogP contribution is -2.10. The van der Waals surface area contributed by atoms with Crippen LogP contribution in [0.2, 0.25) is 0 Å². The number of carbonyl (C=O) groups is 1. The van der Waals surface area contributed by atoms with E-state index in [-0.39, 0.29) is 12.1 Å². The zero-order chi connectivity index (χ0) is 8.69. The molecule has 0 aromatic carbocycles. The van der Waals surface area contributed by atoms with Crippen molar-refractivity contribution >= 4 is 17.6 Å². The normalized spacial score (nSPS) is 10.2. The van der Waals surface area contributed by atoms with Crippen molar-refractivity contribution in [3.8, 4) is 0 Å². The third-order valence-corrected chi connectivity index (χ3v) is 1.40. The molecule has 0 aliphatic carbocycles. The lowest BCUT2D eigenvalue weighted by molar-refractivity contribution is -0.147. The van der Waals surface area contributed by atoms with Crippen molar-refractivity contribution in [1.29, 1.82) is 0 Å². The summed E-state index contributed by atoms with van der Waals surface area (Å²) >= 11 is 5.44. The van der Waals surface area contributed by atoms with E-state index in [1.807, 2.05) is 13.8 Å². The predicted octanol–water partition coefficient (Wildman–Crippen LogP) is 2.35. The SMILES string of the molecule is CC(C)OC(=O)CCCCCl. The minimum atomic E-state index is -0.120. The van der Waals surface area contributed by atoms with Crippen LogP contribution in [0.4, 0.5) is 0 Å². The molecular formula is C8H15ClO2. The molecule has 0 aromatic rings. The highest BCUT2D eigenvalue weighted by Gasteiger charge is 2.03. The van der Waals surface area contributed by atoms with E-state index in [0.29, 0.717) is 12.3 Å². The van der Waals surface area contributed by atoms with Gasteiger partial charge in [0.05, 0.1) is 6.10 Å². The Bertz CT molecular complexity index is 113. The van der Waals surface area contributed by atoms with Crippen LogP contribution in [-0.2, 0) is 9.53 Å². The molecule has 0 radical (unpaired) electrons. The van der Waals surface area contributed by atoms with Gasteiger partial charge in [-0.15, -0.1) is 11.6 Å². The minimum absolute atomic E-state index is 0.00139. The topological polar surface area (TPSA) is 26.3 Å². The summed E-state index contributed by atoms with van der Waals surface area (Å²) < 4.78 is 4.91. The molecule has 2 nitrogen and oxygen atoms in total. The van der Waals surface area contributed by atoms with Gasteiger partial charge in [0.25, 0.3) is 0 Å². The predicted molar refractivity (Wildman–Crippen MR) is 45.8 cm³/mol. The molecule has 0 aromatic heterocycles. The van der Waals surface area contributed by atoms with Crippen molar-refractivity contribution in [1.82, 2.24) is 0 Å². The zero-order valence-corrected chi connectivity index (χ0v) is 7.86. The van der Waals surface area contributed by atoms with Crippen LogP contribution < -0.4 is 0 Å². The molecule has 0 unspecified atom stereocenters. The maximum absolute atomic E-state index is 10.9. The molecule has 0 amide bonds. The number of carbonyl (C=O) groups excluding carboxylic acids is 1. The van der Waals surface area contributed by atoms with E-state index in [1.54, 1.807) is 0 Å². The van der Waals surface area contributed by atoms with Crippen LogP contribution in [0, 0.1) is 0 Å². The second-order valence-corrected chi connectivity index (χ2v) is 3.06. The minimum Gasteiger partial charge on any atom is -0.463 e. The third-order valence-electron chi connectivity index (χ3n) is 1.13. The summed E-state index contributed by atoms with van der Waals surface area (Å²) in [6.07, 6.45) is 2.20. The number of rotatable bonds is 5. The quantitative estimate of drug-likeness (QED) is 0.367. The smallest absolute Gasteiger partial charge is 0.306 e. The number of hydrogen-bond acceptors (Lipinski definition) is 2. The van der Waals surface area contributed by atoms with Gasteiger partial charge in [-0.05, 0) is 26.7 Å². The highest BCUT2D eigenvalue weighted by atomic mass is 35.5. The second kappa shape index (κ2) is 6.47. The first-order chi connectivity index (χ1) is 5.16. The van der Waals surface area contributed by atoms with Crippen molar-refractivity contribution in [3.63, 3.8) is 0 Å². The molecule has 0 saturated heterocycles. The Labute approximate surface area is 72.9 Å². The van der Waals surface area contributed by atoms with Gasteiger partial charge in [-0.25, -0.2) is 0 Å². The maximum atomic E-state index is 10.9. The van der Waals surface area contributed by atoms with Crippen LogP contribution >= 0.6 is 11.6 Å². The van der Waals surface area contributed by atoms with Gasteiger partial charge >= 0.3 is 5.97 Å². The summed E-state index contributed by atoms with van der Waals surface area (Å²) in [5, 5.41) is 0. The molecule has 0 saturated carbocycles. The van der Waals surface area contributed by atoms with Crippen LogP contribution in [0.25, 0.3) is 0 Å². The molecule has 0 spiro atoms. The fourth-order valence-electron chi connectivity index (χ4n) is 0.686.